The number of fused-ring (bicyclic) bond motifs is 1. The van der Waals surface area contributed by atoms with Crippen molar-refractivity contribution >= 4 is 28.5 Å². The minimum absolute atomic E-state index is 0.137. The molecular weight excluding hydrogens is 320 g/mol. The molecule has 0 spiro atoms. The SMILES string of the molecule is COc1cccc(OC(C)=O)c1C(=O)Nc1cccc2cccnc12. The maximum Gasteiger partial charge on any atom is 0.308 e. The number of carbonyl (C=O) groups is 2. The number of esters is 1. The van der Waals surface area contributed by atoms with E-state index in [0.29, 0.717) is 17.0 Å². The Morgan fingerprint density at radius 3 is 2.48 bits per heavy atom. The van der Waals surface area contributed by atoms with Gasteiger partial charge in [-0.3, -0.25) is 14.6 Å². The smallest absolute Gasteiger partial charge is 0.308 e. The third-order valence-corrected chi connectivity index (χ3v) is 3.57. The number of rotatable bonds is 4. The molecular formula is C19H16N2O4. The van der Waals surface area contributed by atoms with Crippen LogP contribution >= 0.6 is 0 Å². The molecule has 3 aromatic rings. The van der Waals surface area contributed by atoms with Gasteiger partial charge in [-0.05, 0) is 24.3 Å². The summed E-state index contributed by atoms with van der Waals surface area (Å²) in [6, 6.07) is 14.0. The second-order valence-electron chi connectivity index (χ2n) is 5.26. The van der Waals surface area contributed by atoms with Crippen LogP contribution in [0.5, 0.6) is 11.5 Å². The summed E-state index contributed by atoms with van der Waals surface area (Å²) in [5, 5.41) is 3.72. The third-order valence-electron chi connectivity index (χ3n) is 3.57. The molecule has 126 valence electrons. The van der Waals surface area contributed by atoms with Crippen LogP contribution in [-0.2, 0) is 4.79 Å². The number of amides is 1. The first-order valence-electron chi connectivity index (χ1n) is 7.60. The van der Waals surface area contributed by atoms with E-state index >= 15 is 0 Å². The number of aromatic nitrogens is 1. The molecule has 0 atom stereocenters. The van der Waals surface area contributed by atoms with E-state index in [2.05, 4.69) is 10.3 Å². The number of pyridine rings is 1. The number of carbonyl (C=O) groups excluding carboxylic acids is 2. The highest BCUT2D eigenvalue weighted by atomic mass is 16.5. The van der Waals surface area contributed by atoms with Gasteiger partial charge in [0.15, 0.2) is 0 Å². The Balaban J connectivity index is 2.02. The lowest BCUT2D eigenvalue weighted by atomic mass is 10.1. The van der Waals surface area contributed by atoms with E-state index in [1.807, 2.05) is 24.3 Å². The molecule has 6 nitrogen and oxygen atoms in total. The number of nitrogens with zero attached hydrogens (tertiary/aromatic N) is 1. The molecule has 0 saturated heterocycles. The number of methoxy groups -OCH3 is 1. The van der Waals surface area contributed by atoms with Gasteiger partial charge in [-0.1, -0.05) is 24.3 Å². The van der Waals surface area contributed by atoms with Crippen molar-refractivity contribution in [1.82, 2.24) is 4.98 Å². The molecule has 3 rings (SSSR count). The standard InChI is InChI=1S/C19H16N2O4/c1-12(22)25-16-10-4-9-15(24-2)17(16)19(23)21-14-8-3-6-13-7-5-11-20-18(13)14/h3-11H,1-2H3,(H,21,23). The van der Waals surface area contributed by atoms with Crippen LogP contribution in [0.3, 0.4) is 0 Å². The summed E-state index contributed by atoms with van der Waals surface area (Å²) >= 11 is 0. The zero-order chi connectivity index (χ0) is 17.8. The number of nitrogens with one attached hydrogen (secondary N) is 1. The van der Waals surface area contributed by atoms with Crippen molar-refractivity contribution in [3.05, 3.63) is 60.3 Å². The lowest BCUT2D eigenvalue weighted by molar-refractivity contribution is -0.131. The van der Waals surface area contributed by atoms with Crippen molar-refractivity contribution < 1.29 is 19.1 Å². The second kappa shape index (κ2) is 7.00. The normalized spacial score (nSPS) is 10.3. The van der Waals surface area contributed by atoms with E-state index in [9.17, 15) is 9.59 Å². The fraction of sp³-hybridized carbons (Fsp3) is 0.105. The Morgan fingerprint density at radius 2 is 1.72 bits per heavy atom. The predicted octanol–water partition coefficient (Wildman–Crippen LogP) is 3.42. The van der Waals surface area contributed by atoms with Gasteiger partial charge in [-0.15, -0.1) is 0 Å². The van der Waals surface area contributed by atoms with Crippen LogP contribution in [0, 0.1) is 0 Å². The summed E-state index contributed by atoms with van der Waals surface area (Å²) in [4.78, 5) is 28.5. The first-order chi connectivity index (χ1) is 12.1. The molecule has 1 heterocycles. The number of benzene rings is 2. The number of para-hydroxylation sites is 1. The highest BCUT2D eigenvalue weighted by Crippen LogP contribution is 2.30. The monoisotopic (exact) mass is 336 g/mol. The summed E-state index contributed by atoms with van der Waals surface area (Å²) in [7, 11) is 1.45. The van der Waals surface area contributed by atoms with Crippen molar-refractivity contribution in [3.63, 3.8) is 0 Å². The van der Waals surface area contributed by atoms with Gasteiger partial charge in [-0.25, -0.2) is 0 Å². The summed E-state index contributed by atoms with van der Waals surface area (Å²) < 4.78 is 10.4. The molecule has 0 fully saturated rings. The topological polar surface area (TPSA) is 77.5 Å². The van der Waals surface area contributed by atoms with E-state index in [1.54, 1.807) is 30.5 Å². The van der Waals surface area contributed by atoms with Gasteiger partial charge in [0, 0.05) is 18.5 Å². The largest absolute Gasteiger partial charge is 0.496 e. The molecule has 2 aromatic carbocycles. The minimum Gasteiger partial charge on any atom is -0.496 e. The van der Waals surface area contributed by atoms with E-state index in [4.69, 9.17) is 9.47 Å². The first kappa shape index (κ1) is 16.4. The Morgan fingerprint density at radius 1 is 1.00 bits per heavy atom. The van der Waals surface area contributed by atoms with Crippen molar-refractivity contribution in [2.75, 3.05) is 12.4 Å². The number of ether oxygens (including phenoxy) is 2. The summed E-state index contributed by atoms with van der Waals surface area (Å²) in [6.45, 7) is 1.27. The summed E-state index contributed by atoms with van der Waals surface area (Å²) in [5.41, 5.74) is 1.37. The quantitative estimate of drug-likeness (QED) is 0.583. The van der Waals surface area contributed by atoms with Gasteiger partial charge in [0.1, 0.15) is 17.1 Å². The van der Waals surface area contributed by atoms with Crippen LogP contribution in [0.25, 0.3) is 10.9 Å². The van der Waals surface area contributed by atoms with Crippen molar-refractivity contribution in [2.24, 2.45) is 0 Å². The van der Waals surface area contributed by atoms with Gasteiger partial charge in [0.05, 0.1) is 18.3 Å². The maximum atomic E-state index is 12.8. The number of hydrogen-bond donors (Lipinski definition) is 1. The highest BCUT2D eigenvalue weighted by Gasteiger charge is 2.20. The molecule has 1 N–H and O–H groups in total. The second-order valence-corrected chi connectivity index (χ2v) is 5.26. The van der Waals surface area contributed by atoms with Gasteiger partial charge in [-0.2, -0.15) is 0 Å². The van der Waals surface area contributed by atoms with E-state index < -0.39 is 11.9 Å². The van der Waals surface area contributed by atoms with Crippen molar-refractivity contribution in [3.8, 4) is 11.5 Å². The predicted molar refractivity (Wildman–Crippen MR) is 94.0 cm³/mol. The average Bonchev–Trinajstić information content (AvgIpc) is 2.61. The average molecular weight is 336 g/mol. The summed E-state index contributed by atoms with van der Waals surface area (Å²) in [5.74, 6) is -0.525. The van der Waals surface area contributed by atoms with Gasteiger partial charge in [0.25, 0.3) is 5.91 Å². The molecule has 1 aromatic heterocycles. The molecule has 25 heavy (non-hydrogen) atoms. The lowest BCUT2D eigenvalue weighted by Gasteiger charge is -2.14. The fourth-order valence-electron chi connectivity index (χ4n) is 2.53. The maximum absolute atomic E-state index is 12.8. The number of hydrogen-bond acceptors (Lipinski definition) is 5. The number of anilines is 1. The summed E-state index contributed by atoms with van der Waals surface area (Å²) in [6.07, 6.45) is 1.66. The van der Waals surface area contributed by atoms with Crippen molar-refractivity contribution in [2.45, 2.75) is 6.92 Å². The van der Waals surface area contributed by atoms with E-state index in [0.717, 1.165) is 5.39 Å². The zero-order valence-electron chi connectivity index (χ0n) is 13.8. The molecule has 0 bridgehead atoms. The Labute approximate surface area is 144 Å². The Bertz CT molecular complexity index is 948. The molecule has 0 aliphatic rings. The van der Waals surface area contributed by atoms with Gasteiger partial charge >= 0.3 is 5.97 Å². The molecule has 0 radical (unpaired) electrons. The third kappa shape index (κ3) is 3.42. The molecule has 0 saturated carbocycles. The molecule has 0 aliphatic heterocycles. The molecule has 0 unspecified atom stereocenters. The van der Waals surface area contributed by atoms with Crippen LogP contribution in [0.2, 0.25) is 0 Å². The van der Waals surface area contributed by atoms with Crippen LogP contribution in [0.4, 0.5) is 5.69 Å². The first-order valence-corrected chi connectivity index (χ1v) is 7.60. The van der Waals surface area contributed by atoms with Crippen LogP contribution in [0.1, 0.15) is 17.3 Å². The lowest BCUT2D eigenvalue weighted by Crippen LogP contribution is -2.16. The van der Waals surface area contributed by atoms with Gasteiger partial charge < -0.3 is 14.8 Å². The fourth-order valence-corrected chi connectivity index (χ4v) is 2.53. The van der Waals surface area contributed by atoms with E-state index in [1.165, 1.54) is 14.0 Å². The minimum atomic E-state index is -0.519. The van der Waals surface area contributed by atoms with Gasteiger partial charge in [0.2, 0.25) is 0 Å². The zero-order valence-corrected chi connectivity index (χ0v) is 13.8. The highest BCUT2D eigenvalue weighted by molar-refractivity contribution is 6.11. The molecule has 1 amide bonds. The van der Waals surface area contributed by atoms with Crippen LogP contribution in [0.15, 0.2) is 54.7 Å². The van der Waals surface area contributed by atoms with Crippen LogP contribution in [-0.4, -0.2) is 24.0 Å². The van der Waals surface area contributed by atoms with Crippen LogP contribution < -0.4 is 14.8 Å². The molecule has 6 heteroatoms. The van der Waals surface area contributed by atoms with E-state index in [-0.39, 0.29) is 11.3 Å². The Kier molecular flexibility index (Phi) is 4.61. The van der Waals surface area contributed by atoms with Crippen molar-refractivity contribution in [1.29, 1.82) is 0 Å². The molecule has 0 aliphatic carbocycles. The Hall–Kier alpha value is -3.41.